The van der Waals surface area contributed by atoms with Gasteiger partial charge in [0.05, 0.1) is 5.69 Å². The van der Waals surface area contributed by atoms with Gasteiger partial charge in [0.15, 0.2) is 5.82 Å². The summed E-state index contributed by atoms with van der Waals surface area (Å²) in [5.41, 5.74) is 1.21. The number of anilines is 1. The number of nitrogens with zero attached hydrogens (tertiary/aromatic N) is 4. The summed E-state index contributed by atoms with van der Waals surface area (Å²) in [5, 5.41) is 0. The maximum Gasteiger partial charge on any atom is 0.150 e. The van der Waals surface area contributed by atoms with Crippen LogP contribution in [0.25, 0.3) is 0 Å². The van der Waals surface area contributed by atoms with E-state index in [-0.39, 0.29) is 0 Å². The zero-order valence-electron chi connectivity index (χ0n) is 10.6. The van der Waals surface area contributed by atoms with E-state index >= 15 is 0 Å². The van der Waals surface area contributed by atoms with Crippen LogP contribution in [0.4, 0.5) is 5.82 Å². The first kappa shape index (κ1) is 11.0. The number of hydrogen-bond donors (Lipinski definition) is 0. The highest BCUT2D eigenvalue weighted by Gasteiger charge is 2.31. The fraction of sp³-hybridized carbons (Fsp3) is 0.692. The third-order valence-electron chi connectivity index (χ3n) is 3.88. The van der Waals surface area contributed by atoms with Gasteiger partial charge in [0.25, 0.3) is 0 Å². The van der Waals surface area contributed by atoms with Gasteiger partial charge in [-0.2, -0.15) is 0 Å². The largest absolute Gasteiger partial charge is 0.355 e. The maximum absolute atomic E-state index is 4.57. The molecule has 1 aromatic heterocycles. The van der Waals surface area contributed by atoms with Crippen LogP contribution in [-0.4, -0.2) is 48.1 Å². The molecular formula is C13H20N4. The van der Waals surface area contributed by atoms with E-state index in [0.29, 0.717) is 5.92 Å². The maximum atomic E-state index is 4.57. The van der Waals surface area contributed by atoms with Crippen LogP contribution in [0.2, 0.25) is 0 Å². The van der Waals surface area contributed by atoms with Gasteiger partial charge in [-0.05, 0) is 19.4 Å². The molecule has 4 heteroatoms. The van der Waals surface area contributed by atoms with E-state index in [2.05, 4.69) is 33.7 Å². The summed E-state index contributed by atoms with van der Waals surface area (Å²) in [7, 11) is 2.16. The lowest BCUT2D eigenvalue weighted by Crippen LogP contribution is -2.43. The second kappa shape index (κ2) is 4.26. The van der Waals surface area contributed by atoms with E-state index in [4.69, 9.17) is 0 Å². The first-order chi connectivity index (χ1) is 8.24. The Hall–Kier alpha value is -1.16. The predicted molar refractivity (Wildman–Crippen MR) is 68.3 cm³/mol. The molecule has 2 aliphatic heterocycles. The highest BCUT2D eigenvalue weighted by molar-refractivity contribution is 5.46. The van der Waals surface area contributed by atoms with E-state index in [1.165, 1.54) is 12.1 Å². The molecule has 0 aliphatic carbocycles. The Kier molecular flexibility index (Phi) is 2.74. The summed E-state index contributed by atoms with van der Waals surface area (Å²) in [4.78, 5) is 13.9. The predicted octanol–water partition coefficient (Wildman–Crippen LogP) is 1.35. The third-order valence-corrected chi connectivity index (χ3v) is 3.88. The molecule has 17 heavy (non-hydrogen) atoms. The molecule has 2 aliphatic rings. The number of likely N-dealkylation sites (N-methyl/N-ethyl adjacent to an activating group) is 1. The minimum absolute atomic E-state index is 0.583. The Morgan fingerprint density at radius 3 is 2.59 bits per heavy atom. The summed E-state index contributed by atoms with van der Waals surface area (Å²) < 4.78 is 0. The van der Waals surface area contributed by atoms with Crippen molar-refractivity contribution in [3.8, 4) is 0 Å². The molecule has 4 nitrogen and oxygen atoms in total. The van der Waals surface area contributed by atoms with E-state index in [1.807, 2.05) is 12.4 Å². The van der Waals surface area contributed by atoms with Crippen LogP contribution in [-0.2, 0) is 0 Å². The lowest BCUT2D eigenvalue weighted by Gasteiger charge is -2.37. The number of aromatic nitrogens is 2. The average Bonchev–Trinajstić information content (AvgIpc) is 2.72. The Balaban J connectivity index is 1.83. The van der Waals surface area contributed by atoms with Gasteiger partial charge in [-0.3, -0.25) is 4.98 Å². The highest BCUT2D eigenvalue weighted by Crippen LogP contribution is 2.32. The Morgan fingerprint density at radius 1 is 1.18 bits per heavy atom. The van der Waals surface area contributed by atoms with Gasteiger partial charge in [0, 0.05) is 44.5 Å². The van der Waals surface area contributed by atoms with Gasteiger partial charge in [-0.25, -0.2) is 4.98 Å². The van der Waals surface area contributed by atoms with Crippen LogP contribution < -0.4 is 4.90 Å². The molecule has 0 N–H and O–H groups in total. The van der Waals surface area contributed by atoms with Crippen LogP contribution >= 0.6 is 0 Å². The van der Waals surface area contributed by atoms with Crippen molar-refractivity contribution in [2.24, 2.45) is 5.92 Å². The van der Waals surface area contributed by atoms with Crippen molar-refractivity contribution in [2.45, 2.75) is 19.3 Å². The molecule has 2 saturated heterocycles. The zero-order chi connectivity index (χ0) is 11.8. The van der Waals surface area contributed by atoms with Gasteiger partial charge in [-0.15, -0.1) is 0 Å². The van der Waals surface area contributed by atoms with Crippen molar-refractivity contribution >= 4 is 5.82 Å². The molecule has 0 spiro atoms. The molecule has 0 bridgehead atoms. The third kappa shape index (κ3) is 2.02. The van der Waals surface area contributed by atoms with E-state index in [0.717, 1.165) is 37.9 Å². The second-order valence-electron chi connectivity index (χ2n) is 5.52. The van der Waals surface area contributed by atoms with Crippen molar-refractivity contribution in [3.63, 3.8) is 0 Å². The molecule has 0 radical (unpaired) electrons. The van der Waals surface area contributed by atoms with E-state index in [9.17, 15) is 0 Å². The molecule has 3 heterocycles. The Labute approximate surface area is 103 Å². The average molecular weight is 232 g/mol. The monoisotopic (exact) mass is 232 g/mol. The fourth-order valence-electron chi connectivity index (χ4n) is 2.87. The van der Waals surface area contributed by atoms with Gasteiger partial charge >= 0.3 is 0 Å². The zero-order valence-corrected chi connectivity index (χ0v) is 10.6. The number of rotatable bonds is 2. The van der Waals surface area contributed by atoms with Crippen molar-refractivity contribution < 1.29 is 0 Å². The van der Waals surface area contributed by atoms with Crippen molar-refractivity contribution in [2.75, 3.05) is 38.1 Å². The quantitative estimate of drug-likeness (QED) is 0.770. The highest BCUT2D eigenvalue weighted by atomic mass is 15.2. The topological polar surface area (TPSA) is 32.3 Å². The molecular weight excluding hydrogens is 212 g/mol. The molecule has 2 fully saturated rings. The summed E-state index contributed by atoms with van der Waals surface area (Å²) in [6.45, 7) is 6.82. The van der Waals surface area contributed by atoms with Crippen molar-refractivity contribution in [1.82, 2.24) is 14.9 Å². The van der Waals surface area contributed by atoms with Gasteiger partial charge in [-0.1, -0.05) is 6.92 Å². The minimum atomic E-state index is 0.583. The first-order valence-corrected chi connectivity index (χ1v) is 6.48. The summed E-state index contributed by atoms with van der Waals surface area (Å²) in [6.07, 6.45) is 4.93. The molecule has 1 atom stereocenters. The molecule has 1 aromatic rings. The minimum Gasteiger partial charge on any atom is -0.355 e. The van der Waals surface area contributed by atoms with Crippen LogP contribution in [0.3, 0.4) is 0 Å². The van der Waals surface area contributed by atoms with Gasteiger partial charge in [0.2, 0.25) is 0 Å². The van der Waals surface area contributed by atoms with Gasteiger partial charge < -0.3 is 9.80 Å². The standard InChI is InChI=1S/C13H20N4/c1-10-3-6-17(7-10)13-12(14-4-5-15-13)11-8-16(2)9-11/h4-5,10-11H,3,6-9H2,1-2H3. The molecule has 0 amide bonds. The van der Waals surface area contributed by atoms with E-state index in [1.54, 1.807) is 0 Å². The van der Waals surface area contributed by atoms with Crippen molar-refractivity contribution in [1.29, 1.82) is 0 Å². The molecule has 3 rings (SSSR count). The molecule has 92 valence electrons. The first-order valence-electron chi connectivity index (χ1n) is 6.48. The van der Waals surface area contributed by atoms with Crippen LogP contribution in [0.1, 0.15) is 25.0 Å². The smallest absolute Gasteiger partial charge is 0.150 e. The van der Waals surface area contributed by atoms with Crippen LogP contribution in [0.15, 0.2) is 12.4 Å². The SMILES string of the molecule is CC1CCN(c2nccnc2C2CN(C)C2)C1. The summed E-state index contributed by atoms with van der Waals surface area (Å²) in [5.74, 6) is 2.50. The molecule has 0 saturated carbocycles. The number of likely N-dealkylation sites (tertiary alicyclic amines) is 1. The normalized spacial score (nSPS) is 26.2. The van der Waals surface area contributed by atoms with Crippen LogP contribution in [0, 0.1) is 5.92 Å². The van der Waals surface area contributed by atoms with Crippen molar-refractivity contribution in [3.05, 3.63) is 18.1 Å². The number of hydrogen-bond acceptors (Lipinski definition) is 4. The molecule has 0 aromatic carbocycles. The fourth-order valence-corrected chi connectivity index (χ4v) is 2.87. The van der Waals surface area contributed by atoms with E-state index < -0.39 is 0 Å². The van der Waals surface area contributed by atoms with Gasteiger partial charge in [0.1, 0.15) is 0 Å². The Bertz CT molecular complexity index is 400. The summed E-state index contributed by atoms with van der Waals surface area (Å²) >= 11 is 0. The molecule has 1 unspecified atom stereocenters. The lowest BCUT2D eigenvalue weighted by molar-refractivity contribution is 0.186. The lowest BCUT2D eigenvalue weighted by atomic mass is 9.96. The second-order valence-corrected chi connectivity index (χ2v) is 5.52. The summed E-state index contributed by atoms with van der Waals surface area (Å²) in [6, 6.07) is 0. The van der Waals surface area contributed by atoms with Crippen LogP contribution in [0.5, 0.6) is 0 Å². The Morgan fingerprint density at radius 2 is 1.94 bits per heavy atom.